The molecule has 4 heteroatoms. The van der Waals surface area contributed by atoms with Crippen molar-refractivity contribution in [3.8, 4) is 0 Å². The number of thiazole rings is 1. The minimum atomic E-state index is 0.0937. The average Bonchev–Trinajstić information content (AvgIpc) is 2.52. The minimum Gasteiger partial charge on any atom is -0.334 e. The smallest absolute Gasteiger partial charge is 0.220 e. The van der Waals surface area contributed by atoms with Gasteiger partial charge in [0.2, 0.25) is 5.91 Å². The van der Waals surface area contributed by atoms with Crippen molar-refractivity contribution in [1.82, 2.24) is 9.88 Å². The predicted octanol–water partition coefficient (Wildman–Crippen LogP) is 2.38. The number of amides is 1. The average molecular weight is 212 g/mol. The lowest BCUT2D eigenvalue weighted by molar-refractivity contribution is -0.130. The Bertz CT molecular complexity index is 322. The van der Waals surface area contributed by atoms with Crippen LogP contribution < -0.4 is 0 Å². The lowest BCUT2D eigenvalue weighted by Crippen LogP contribution is -2.31. The zero-order valence-electron chi connectivity index (χ0n) is 9.07. The predicted molar refractivity (Wildman–Crippen MR) is 58.3 cm³/mol. The van der Waals surface area contributed by atoms with E-state index in [0.717, 1.165) is 17.2 Å². The van der Waals surface area contributed by atoms with Gasteiger partial charge >= 0.3 is 0 Å². The third kappa shape index (κ3) is 2.32. The third-order valence-electron chi connectivity index (χ3n) is 2.21. The Balaban J connectivity index is 2.82. The Kier molecular flexibility index (Phi) is 3.63. The largest absolute Gasteiger partial charge is 0.334 e. The molecule has 14 heavy (non-hydrogen) atoms. The van der Waals surface area contributed by atoms with Crippen LogP contribution in [0.4, 0.5) is 0 Å². The van der Waals surface area contributed by atoms with E-state index in [9.17, 15) is 4.79 Å². The molecule has 1 aromatic heterocycles. The van der Waals surface area contributed by atoms with Gasteiger partial charge in [-0.3, -0.25) is 4.79 Å². The van der Waals surface area contributed by atoms with Gasteiger partial charge in [-0.25, -0.2) is 4.98 Å². The van der Waals surface area contributed by atoms with Crippen LogP contribution in [0.25, 0.3) is 0 Å². The lowest BCUT2D eigenvalue weighted by atomic mass is 10.3. The van der Waals surface area contributed by atoms with Gasteiger partial charge < -0.3 is 4.90 Å². The zero-order valence-corrected chi connectivity index (χ0v) is 9.89. The molecule has 0 saturated carbocycles. The second-order valence-electron chi connectivity index (χ2n) is 3.31. The summed E-state index contributed by atoms with van der Waals surface area (Å²) in [5.74, 6) is 0.104. The molecule has 0 radical (unpaired) electrons. The van der Waals surface area contributed by atoms with E-state index in [-0.39, 0.29) is 11.9 Å². The topological polar surface area (TPSA) is 33.2 Å². The lowest BCUT2D eigenvalue weighted by Gasteiger charge is -2.24. The standard InChI is InChI=1S/C10H16N2OS/c1-5-12(9(4)13)8(3)10-11-7(2)6-14-10/h6,8H,5H2,1-4H3/t8-/m1/s1. The maximum Gasteiger partial charge on any atom is 0.220 e. The van der Waals surface area contributed by atoms with E-state index in [4.69, 9.17) is 0 Å². The van der Waals surface area contributed by atoms with E-state index in [2.05, 4.69) is 4.98 Å². The molecule has 0 bridgehead atoms. The highest BCUT2D eigenvalue weighted by molar-refractivity contribution is 7.09. The summed E-state index contributed by atoms with van der Waals surface area (Å²) in [7, 11) is 0. The molecule has 0 saturated heterocycles. The van der Waals surface area contributed by atoms with Gasteiger partial charge in [0, 0.05) is 24.5 Å². The quantitative estimate of drug-likeness (QED) is 0.770. The van der Waals surface area contributed by atoms with Crippen molar-refractivity contribution < 1.29 is 4.79 Å². The second-order valence-corrected chi connectivity index (χ2v) is 4.20. The molecule has 1 amide bonds. The number of nitrogens with zero attached hydrogens (tertiary/aromatic N) is 2. The Morgan fingerprint density at radius 1 is 1.71 bits per heavy atom. The highest BCUT2D eigenvalue weighted by Crippen LogP contribution is 2.23. The van der Waals surface area contributed by atoms with Crippen molar-refractivity contribution in [2.75, 3.05) is 6.54 Å². The molecule has 0 unspecified atom stereocenters. The molecule has 0 spiro atoms. The fourth-order valence-corrected chi connectivity index (χ4v) is 2.33. The monoisotopic (exact) mass is 212 g/mol. The van der Waals surface area contributed by atoms with Gasteiger partial charge in [0.15, 0.2) is 0 Å². The SMILES string of the molecule is CCN(C(C)=O)[C@H](C)c1nc(C)cs1. The van der Waals surface area contributed by atoms with Crippen LogP contribution in [0.2, 0.25) is 0 Å². The molecule has 0 aliphatic rings. The minimum absolute atomic E-state index is 0.0937. The van der Waals surface area contributed by atoms with Crippen LogP contribution >= 0.6 is 11.3 Å². The molecule has 0 aliphatic heterocycles. The first-order valence-electron chi connectivity index (χ1n) is 4.75. The van der Waals surface area contributed by atoms with Crippen LogP contribution in [0.15, 0.2) is 5.38 Å². The van der Waals surface area contributed by atoms with Gasteiger partial charge in [-0.05, 0) is 20.8 Å². The zero-order chi connectivity index (χ0) is 10.7. The number of carbonyl (C=O) groups is 1. The van der Waals surface area contributed by atoms with E-state index in [0.29, 0.717) is 0 Å². The molecule has 0 N–H and O–H groups in total. The van der Waals surface area contributed by atoms with E-state index in [1.165, 1.54) is 0 Å². The molecular weight excluding hydrogens is 196 g/mol. The molecule has 0 aliphatic carbocycles. The molecule has 78 valence electrons. The first-order chi connectivity index (χ1) is 6.56. The maximum atomic E-state index is 11.3. The molecule has 1 rings (SSSR count). The van der Waals surface area contributed by atoms with Crippen LogP contribution in [-0.4, -0.2) is 22.3 Å². The van der Waals surface area contributed by atoms with Crippen molar-refractivity contribution in [3.05, 3.63) is 16.1 Å². The van der Waals surface area contributed by atoms with Crippen molar-refractivity contribution >= 4 is 17.2 Å². The Morgan fingerprint density at radius 2 is 2.36 bits per heavy atom. The van der Waals surface area contributed by atoms with E-state index in [1.807, 2.05) is 31.1 Å². The Hall–Kier alpha value is -0.900. The number of carbonyl (C=O) groups excluding carboxylic acids is 1. The van der Waals surface area contributed by atoms with Crippen LogP contribution in [0.5, 0.6) is 0 Å². The van der Waals surface area contributed by atoms with Gasteiger partial charge in [0.1, 0.15) is 5.01 Å². The van der Waals surface area contributed by atoms with Crippen LogP contribution in [-0.2, 0) is 4.79 Å². The van der Waals surface area contributed by atoms with Crippen LogP contribution in [0.3, 0.4) is 0 Å². The van der Waals surface area contributed by atoms with Crippen molar-refractivity contribution in [3.63, 3.8) is 0 Å². The van der Waals surface area contributed by atoms with Gasteiger partial charge in [0.05, 0.1) is 6.04 Å². The molecule has 0 aromatic carbocycles. The summed E-state index contributed by atoms with van der Waals surface area (Å²) >= 11 is 1.61. The fourth-order valence-electron chi connectivity index (χ4n) is 1.47. The normalized spacial score (nSPS) is 12.6. The molecule has 1 aromatic rings. The second kappa shape index (κ2) is 4.55. The number of rotatable bonds is 3. The Morgan fingerprint density at radius 3 is 2.71 bits per heavy atom. The van der Waals surface area contributed by atoms with Crippen LogP contribution in [0.1, 0.15) is 37.5 Å². The maximum absolute atomic E-state index is 11.3. The summed E-state index contributed by atoms with van der Waals surface area (Å²) in [6.45, 7) is 8.30. The first kappa shape index (κ1) is 11.2. The van der Waals surface area contributed by atoms with E-state index < -0.39 is 0 Å². The van der Waals surface area contributed by atoms with Gasteiger partial charge in [0.25, 0.3) is 0 Å². The summed E-state index contributed by atoms with van der Waals surface area (Å²) < 4.78 is 0. The summed E-state index contributed by atoms with van der Waals surface area (Å²) in [6.07, 6.45) is 0. The number of aryl methyl sites for hydroxylation is 1. The van der Waals surface area contributed by atoms with Gasteiger partial charge in [-0.15, -0.1) is 11.3 Å². The summed E-state index contributed by atoms with van der Waals surface area (Å²) in [5.41, 5.74) is 1.02. The summed E-state index contributed by atoms with van der Waals surface area (Å²) in [6, 6.07) is 0.0937. The number of hydrogen-bond acceptors (Lipinski definition) is 3. The van der Waals surface area contributed by atoms with Gasteiger partial charge in [-0.1, -0.05) is 0 Å². The van der Waals surface area contributed by atoms with Crippen molar-refractivity contribution in [1.29, 1.82) is 0 Å². The fraction of sp³-hybridized carbons (Fsp3) is 0.600. The van der Waals surface area contributed by atoms with Gasteiger partial charge in [-0.2, -0.15) is 0 Å². The van der Waals surface area contributed by atoms with E-state index >= 15 is 0 Å². The molecule has 0 fully saturated rings. The molecule has 1 heterocycles. The summed E-state index contributed by atoms with van der Waals surface area (Å²) in [4.78, 5) is 17.5. The number of aromatic nitrogens is 1. The van der Waals surface area contributed by atoms with Crippen LogP contribution in [0, 0.1) is 6.92 Å². The first-order valence-corrected chi connectivity index (χ1v) is 5.63. The van der Waals surface area contributed by atoms with E-state index in [1.54, 1.807) is 18.3 Å². The van der Waals surface area contributed by atoms with Crippen molar-refractivity contribution in [2.45, 2.75) is 33.7 Å². The molecule has 1 atom stereocenters. The number of hydrogen-bond donors (Lipinski definition) is 0. The Labute approximate surface area is 88.8 Å². The third-order valence-corrected chi connectivity index (χ3v) is 3.34. The highest BCUT2D eigenvalue weighted by atomic mass is 32.1. The molecular formula is C10H16N2OS. The summed E-state index contributed by atoms with van der Waals surface area (Å²) in [5, 5.41) is 3.03. The van der Waals surface area contributed by atoms with Crippen molar-refractivity contribution in [2.24, 2.45) is 0 Å². The highest BCUT2D eigenvalue weighted by Gasteiger charge is 2.18. The molecule has 3 nitrogen and oxygen atoms in total.